The number of amides is 2. The van der Waals surface area contributed by atoms with Gasteiger partial charge in [-0.1, -0.05) is 30.3 Å². The lowest BCUT2D eigenvalue weighted by Crippen LogP contribution is -2.58. The highest BCUT2D eigenvalue weighted by Gasteiger charge is 2.49. The van der Waals surface area contributed by atoms with Crippen molar-refractivity contribution in [3.8, 4) is 0 Å². The Hall–Kier alpha value is -1.92. The van der Waals surface area contributed by atoms with E-state index in [0.717, 1.165) is 5.56 Å². The molecule has 136 valence electrons. The summed E-state index contributed by atoms with van der Waals surface area (Å²) in [5.41, 5.74) is 0.372. The molecular formula is C19H27N3O3. The van der Waals surface area contributed by atoms with Crippen LogP contribution in [0, 0.1) is 5.41 Å². The number of aliphatic hydroxyl groups excluding tert-OH is 1. The van der Waals surface area contributed by atoms with Crippen molar-refractivity contribution in [2.24, 2.45) is 5.41 Å². The maximum Gasteiger partial charge on any atom is 0.236 e. The van der Waals surface area contributed by atoms with Crippen molar-refractivity contribution in [1.29, 1.82) is 0 Å². The molecule has 0 aliphatic carbocycles. The maximum atomic E-state index is 12.8. The van der Waals surface area contributed by atoms with Gasteiger partial charge in [0.2, 0.25) is 11.8 Å². The highest BCUT2D eigenvalue weighted by molar-refractivity contribution is 5.85. The van der Waals surface area contributed by atoms with Gasteiger partial charge in [-0.3, -0.25) is 9.59 Å². The van der Waals surface area contributed by atoms with E-state index in [4.69, 9.17) is 0 Å². The first kappa shape index (κ1) is 17.9. The standard InChI is InChI=1S/C19H27N3O3/c1-21(2)13-16(24)22-10-8-19(9-11-22)12-15(23)17(20-18(19)25)14-6-4-3-5-7-14/h3-7,15,17,23H,8-13H2,1-2H3,(H,20,25)/t15-,17+/m1/s1. The van der Waals surface area contributed by atoms with Gasteiger partial charge in [0.25, 0.3) is 0 Å². The first-order chi connectivity index (χ1) is 11.9. The molecule has 2 atom stereocenters. The van der Waals surface area contributed by atoms with Crippen LogP contribution in [0.3, 0.4) is 0 Å². The number of nitrogens with one attached hydrogen (secondary N) is 1. The van der Waals surface area contributed by atoms with Crippen LogP contribution in [0.25, 0.3) is 0 Å². The molecule has 0 bridgehead atoms. The smallest absolute Gasteiger partial charge is 0.236 e. The second kappa shape index (κ2) is 7.14. The van der Waals surface area contributed by atoms with Gasteiger partial charge in [-0.2, -0.15) is 0 Å². The zero-order valence-corrected chi connectivity index (χ0v) is 14.9. The number of hydrogen-bond donors (Lipinski definition) is 2. The zero-order chi connectivity index (χ0) is 18.0. The minimum Gasteiger partial charge on any atom is -0.391 e. The second-order valence-corrected chi connectivity index (χ2v) is 7.53. The summed E-state index contributed by atoms with van der Waals surface area (Å²) >= 11 is 0. The molecule has 2 saturated heterocycles. The Morgan fingerprint density at radius 1 is 1.28 bits per heavy atom. The van der Waals surface area contributed by atoms with Gasteiger partial charge in [0.15, 0.2) is 0 Å². The molecule has 1 spiro atoms. The molecule has 6 heteroatoms. The molecule has 1 aromatic carbocycles. The molecule has 3 rings (SSSR count). The Labute approximate surface area is 148 Å². The predicted octanol–water partition coefficient (Wildman–Crippen LogP) is 0.779. The van der Waals surface area contributed by atoms with Crippen molar-refractivity contribution in [2.45, 2.75) is 31.4 Å². The van der Waals surface area contributed by atoms with E-state index in [1.807, 2.05) is 54.2 Å². The summed E-state index contributed by atoms with van der Waals surface area (Å²) in [5, 5.41) is 13.7. The first-order valence-corrected chi connectivity index (χ1v) is 8.88. The lowest BCUT2D eigenvalue weighted by atomic mass is 9.69. The Morgan fingerprint density at radius 2 is 1.92 bits per heavy atom. The Bertz CT molecular complexity index is 624. The van der Waals surface area contributed by atoms with Crippen LogP contribution < -0.4 is 5.32 Å². The molecule has 0 saturated carbocycles. The Balaban J connectivity index is 1.65. The van der Waals surface area contributed by atoms with Crippen LogP contribution >= 0.6 is 0 Å². The normalized spacial score (nSPS) is 25.9. The molecule has 0 aromatic heterocycles. The average molecular weight is 345 g/mol. The third kappa shape index (κ3) is 3.70. The fourth-order valence-corrected chi connectivity index (χ4v) is 3.95. The van der Waals surface area contributed by atoms with E-state index in [1.165, 1.54) is 0 Å². The van der Waals surface area contributed by atoms with Gasteiger partial charge < -0.3 is 20.2 Å². The van der Waals surface area contributed by atoms with E-state index in [-0.39, 0.29) is 17.9 Å². The largest absolute Gasteiger partial charge is 0.391 e. The molecule has 1 aromatic rings. The molecular weight excluding hydrogens is 318 g/mol. The molecule has 25 heavy (non-hydrogen) atoms. The van der Waals surface area contributed by atoms with Crippen molar-refractivity contribution in [1.82, 2.24) is 15.1 Å². The van der Waals surface area contributed by atoms with E-state index < -0.39 is 11.5 Å². The summed E-state index contributed by atoms with van der Waals surface area (Å²) in [6.45, 7) is 1.53. The lowest BCUT2D eigenvalue weighted by molar-refractivity contribution is -0.148. The number of aliphatic hydroxyl groups is 1. The third-order valence-electron chi connectivity index (χ3n) is 5.44. The van der Waals surface area contributed by atoms with Crippen LogP contribution in [0.5, 0.6) is 0 Å². The van der Waals surface area contributed by atoms with Crippen LogP contribution in [-0.2, 0) is 9.59 Å². The van der Waals surface area contributed by atoms with Gasteiger partial charge in [0, 0.05) is 13.1 Å². The fraction of sp³-hybridized carbons (Fsp3) is 0.579. The molecule has 2 fully saturated rings. The van der Waals surface area contributed by atoms with Gasteiger partial charge in [0.05, 0.1) is 24.1 Å². The van der Waals surface area contributed by atoms with E-state index in [1.54, 1.807) is 0 Å². The molecule has 2 heterocycles. The highest BCUT2D eigenvalue weighted by Crippen LogP contribution is 2.42. The number of piperidine rings is 2. The average Bonchev–Trinajstić information content (AvgIpc) is 2.59. The van der Waals surface area contributed by atoms with Crippen LogP contribution in [0.1, 0.15) is 30.9 Å². The van der Waals surface area contributed by atoms with Gasteiger partial charge in [-0.15, -0.1) is 0 Å². The molecule has 2 aliphatic rings. The monoisotopic (exact) mass is 345 g/mol. The minimum atomic E-state index is -0.607. The summed E-state index contributed by atoms with van der Waals surface area (Å²) in [4.78, 5) is 28.7. The third-order valence-corrected chi connectivity index (χ3v) is 5.44. The second-order valence-electron chi connectivity index (χ2n) is 7.53. The molecule has 6 nitrogen and oxygen atoms in total. The van der Waals surface area contributed by atoms with Crippen molar-refractivity contribution >= 4 is 11.8 Å². The predicted molar refractivity (Wildman–Crippen MR) is 94.8 cm³/mol. The Kier molecular flexibility index (Phi) is 5.11. The van der Waals surface area contributed by atoms with Crippen LogP contribution in [-0.4, -0.2) is 66.6 Å². The number of benzene rings is 1. The number of hydrogen-bond acceptors (Lipinski definition) is 4. The SMILES string of the molecule is CN(C)CC(=O)N1CCC2(CC1)C[C@@H](O)[C@H](c1ccccc1)NC2=O. The highest BCUT2D eigenvalue weighted by atomic mass is 16.3. The molecule has 2 N–H and O–H groups in total. The fourth-order valence-electron chi connectivity index (χ4n) is 3.95. The van der Waals surface area contributed by atoms with Crippen molar-refractivity contribution < 1.29 is 14.7 Å². The van der Waals surface area contributed by atoms with E-state index in [2.05, 4.69) is 5.32 Å². The van der Waals surface area contributed by atoms with Gasteiger partial charge in [-0.25, -0.2) is 0 Å². The van der Waals surface area contributed by atoms with Crippen molar-refractivity contribution in [3.63, 3.8) is 0 Å². The van der Waals surface area contributed by atoms with Gasteiger partial charge in [0.1, 0.15) is 0 Å². The number of carbonyl (C=O) groups excluding carboxylic acids is 2. The Morgan fingerprint density at radius 3 is 2.52 bits per heavy atom. The first-order valence-electron chi connectivity index (χ1n) is 8.88. The maximum absolute atomic E-state index is 12.8. The van der Waals surface area contributed by atoms with E-state index in [9.17, 15) is 14.7 Å². The molecule has 0 radical (unpaired) electrons. The van der Waals surface area contributed by atoms with Crippen LogP contribution in [0.2, 0.25) is 0 Å². The zero-order valence-electron chi connectivity index (χ0n) is 14.9. The summed E-state index contributed by atoms with van der Waals surface area (Å²) in [5.74, 6) is 0.102. The van der Waals surface area contributed by atoms with E-state index in [0.29, 0.717) is 38.9 Å². The lowest BCUT2D eigenvalue weighted by Gasteiger charge is -2.46. The van der Waals surface area contributed by atoms with Crippen molar-refractivity contribution in [3.05, 3.63) is 35.9 Å². The summed E-state index contributed by atoms with van der Waals surface area (Å²) in [6.07, 6.45) is 1.06. The number of likely N-dealkylation sites (tertiary alicyclic amines) is 1. The van der Waals surface area contributed by atoms with Crippen LogP contribution in [0.15, 0.2) is 30.3 Å². The minimum absolute atomic E-state index is 0.00589. The van der Waals surface area contributed by atoms with Gasteiger partial charge in [-0.05, 0) is 38.9 Å². The molecule has 2 amide bonds. The number of rotatable bonds is 3. The summed E-state index contributed by atoms with van der Waals surface area (Å²) in [6, 6.07) is 9.24. The number of carbonyl (C=O) groups is 2. The summed E-state index contributed by atoms with van der Waals surface area (Å²) < 4.78 is 0. The number of nitrogens with zero attached hydrogens (tertiary/aromatic N) is 2. The number of likely N-dealkylation sites (N-methyl/N-ethyl adjacent to an activating group) is 1. The quantitative estimate of drug-likeness (QED) is 0.849. The molecule has 0 unspecified atom stereocenters. The summed E-state index contributed by atoms with van der Waals surface area (Å²) in [7, 11) is 3.75. The van der Waals surface area contributed by atoms with Crippen molar-refractivity contribution in [2.75, 3.05) is 33.7 Å². The van der Waals surface area contributed by atoms with E-state index >= 15 is 0 Å². The topological polar surface area (TPSA) is 72.9 Å². The molecule has 2 aliphatic heterocycles. The van der Waals surface area contributed by atoms with Crippen LogP contribution in [0.4, 0.5) is 0 Å². The van der Waals surface area contributed by atoms with Gasteiger partial charge >= 0.3 is 0 Å².